The highest BCUT2D eigenvalue weighted by atomic mass is 16.3. The third kappa shape index (κ3) is 3.13. The monoisotopic (exact) mass is 255 g/mol. The predicted octanol–water partition coefficient (Wildman–Crippen LogP) is 3.02. The first-order valence-corrected chi connectivity index (χ1v) is 6.17. The molecule has 2 rings (SSSR count). The Balaban J connectivity index is 2.11. The first-order chi connectivity index (χ1) is 9.08. The molecule has 0 amide bonds. The number of ketones is 1. The van der Waals surface area contributed by atoms with Crippen molar-refractivity contribution in [3.05, 3.63) is 59.7 Å². The molecule has 0 saturated carbocycles. The van der Waals surface area contributed by atoms with Gasteiger partial charge >= 0.3 is 0 Å². The number of para-hydroxylation sites is 1. The van der Waals surface area contributed by atoms with E-state index in [0.717, 1.165) is 11.3 Å². The number of nitrogens with zero attached hydrogens (tertiary/aromatic N) is 1. The number of phenolic OH excluding ortho intramolecular Hbond substituents is 1. The highest BCUT2D eigenvalue weighted by molar-refractivity contribution is 5.99. The van der Waals surface area contributed by atoms with Crippen molar-refractivity contribution in [1.29, 1.82) is 0 Å². The maximum atomic E-state index is 12.1. The lowest BCUT2D eigenvalue weighted by Gasteiger charge is -2.20. The summed E-state index contributed by atoms with van der Waals surface area (Å²) in [4.78, 5) is 14.1. The number of phenols is 1. The van der Waals surface area contributed by atoms with Gasteiger partial charge in [0.1, 0.15) is 5.75 Å². The number of carbonyl (C=O) groups is 1. The van der Waals surface area contributed by atoms with Gasteiger partial charge in [0.15, 0.2) is 5.78 Å². The molecule has 2 aromatic rings. The fraction of sp³-hybridized carbons (Fsp3) is 0.188. The van der Waals surface area contributed by atoms with Gasteiger partial charge in [-0.25, -0.2) is 0 Å². The van der Waals surface area contributed by atoms with Gasteiger partial charge < -0.3 is 10.0 Å². The normalized spacial score (nSPS) is 10.2. The minimum atomic E-state index is 0.0331. The smallest absolute Gasteiger partial charge is 0.182 e. The molecule has 0 radical (unpaired) electrons. The molecule has 0 bridgehead atoms. The average Bonchev–Trinajstić information content (AvgIpc) is 2.39. The lowest BCUT2D eigenvalue weighted by molar-refractivity contribution is 0.100. The van der Waals surface area contributed by atoms with E-state index in [2.05, 4.69) is 0 Å². The number of aromatic hydroxyl groups is 1. The number of aryl methyl sites for hydroxylation is 1. The largest absolute Gasteiger partial charge is 0.508 e. The van der Waals surface area contributed by atoms with E-state index in [1.165, 1.54) is 12.1 Å². The zero-order valence-corrected chi connectivity index (χ0v) is 11.1. The van der Waals surface area contributed by atoms with Crippen molar-refractivity contribution >= 4 is 11.5 Å². The Morgan fingerprint density at radius 2 is 1.74 bits per heavy atom. The van der Waals surface area contributed by atoms with Gasteiger partial charge in [-0.1, -0.05) is 18.2 Å². The number of benzene rings is 2. The Morgan fingerprint density at radius 3 is 2.37 bits per heavy atom. The Labute approximate surface area is 113 Å². The van der Waals surface area contributed by atoms with Gasteiger partial charge in [0.05, 0.1) is 6.54 Å². The van der Waals surface area contributed by atoms with Crippen LogP contribution in [0.1, 0.15) is 15.9 Å². The quantitative estimate of drug-likeness (QED) is 0.854. The van der Waals surface area contributed by atoms with Crippen molar-refractivity contribution in [1.82, 2.24) is 0 Å². The van der Waals surface area contributed by atoms with Crippen LogP contribution in [0.25, 0.3) is 0 Å². The van der Waals surface area contributed by atoms with Crippen LogP contribution in [0, 0.1) is 6.92 Å². The van der Waals surface area contributed by atoms with Crippen LogP contribution < -0.4 is 4.90 Å². The fourth-order valence-corrected chi connectivity index (χ4v) is 2.03. The standard InChI is InChI=1S/C16H17NO2/c1-12-5-3-4-6-15(12)17(2)11-16(19)13-7-9-14(18)10-8-13/h3-10,18H,11H2,1-2H3. The second-order valence-corrected chi connectivity index (χ2v) is 4.61. The maximum Gasteiger partial charge on any atom is 0.182 e. The van der Waals surface area contributed by atoms with E-state index in [1.54, 1.807) is 12.1 Å². The molecule has 0 atom stereocenters. The Kier molecular flexibility index (Phi) is 3.85. The number of hydrogen-bond donors (Lipinski definition) is 1. The summed E-state index contributed by atoms with van der Waals surface area (Å²) in [6.07, 6.45) is 0. The first kappa shape index (κ1) is 13.1. The molecule has 98 valence electrons. The van der Waals surface area contributed by atoms with Crippen LogP contribution in [0.5, 0.6) is 5.75 Å². The Hall–Kier alpha value is -2.29. The minimum Gasteiger partial charge on any atom is -0.508 e. The number of rotatable bonds is 4. The molecule has 0 unspecified atom stereocenters. The van der Waals surface area contributed by atoms with Crippen molar-refractivity contribution in [2.24, 2.45) is 0 Å². The van der Waals surface area contributed by atoms with Gasteiger partial charge in [-0.2, -0.15) is 0 Å². The van der Waals surface area contributed by atoms with E-state index in [4.69, 9.17) is 0 Å². The summed E-state index contributed by atoms with van der Waals surface area (Å²) in [5.74, 6) is 0.203. The average molecular weight is 255 g/mol. The zero-order chi connectivity index (χ0) is 13.8. The number of hydrogen-bond acceptors (Lipinski definition) is 3. The molecular formula is C16H17NO2. The van der Waals surface area contributed by atoms with E-state index in [-0.39, 0.29) is 11.5 Å². The molecule has 2 aromatic carbocycles. The molecule has 0 aliphatic carbocycles. The Morgan fingerprint density at radius 1 is 1.11 bits per heavy atom. The van der Waals surface area contributed by atoms with E-state index >= 15 is 0 Å². The number of likely N-dealkylation sites (N-methyl/N-ethyl adjacent to an activating group) is 1. The molecule has 0 spiro atoms. The molecule has 0 aliphatic heterocycles. The molecule has 0 heterocycles. The zero-order valence-electron chi connectivity index (χ0n) is 11.1. The number of anilines is 1. The van der Waals surface area contributed by atoms with E-state index in [9.17, 15) is 9.90 Å². The van der Waals surface area contributed by atoms with Gasteiger partial charge in [0.25, 0.3) is 0 Å². The molecule has 0 saturated heterocycles. The lowest BCUT2D eigenvalue weighted by atomic mass is 10.1. The van der Waals surface area contributed by atoms with Crippen molar-refractivity contribution < 1.29 is 9.90 Å². The number of Topliss-reactive ketones (excluding diaryl/α,β-unsaturated/α-hetero) is 1. The van der Waals surface area contributed by atoms with Crippen LogP contribution in [0.3, 0.4) is 0 Å². The van der Waals surface area contributed by atoms with Gasteiger partial charge in [-0.05, 0) is 42.8 Å². The highest BCUT2D eigenvalue weighted by Gasteiger charge is 2.11. The molecular weight excluding hydrogens is 238 g/mol. The second kappa shape index (κ2) is 5.57. The minimum absolute atomic E-state index is 0.0331. The van der Waals surface area contributed by atoms with E-state index in [1.807, 2.05) is 43.1 Å². The van der Waals surface area contributed by atoms with Gasteiger partial charge in [-0.3, -0.25) is 4.79 Å². The van der Waals surface area contributed by atoms with Crippen LogP contribution in [-0.2, 0) is 0 Å². The third-order valence-corrected chi connectivity index (χ3v) is 3.10. The molecule has 0 aromatic heterocycles. The van der Waals surface area contributed by atoms with Crippen molar-refractivity contribution in [2.75, 3.05) is 18.5 Å². The van der Waals surface area contributed by atoms with Crippen molar-refractivity contribution in [3.63, 3.8) is 0 Å². The third-order valence-electron chi connectivity index (χ3n) is 3.10. The highest BCUT2D eigenvalue weighted by Crippen LogP contribution is 2.18. The molecule has 1 N–H and O–H groups in total. The summed E-state index contributed by atoms with van der Waals surface area (Å²) in [6, 6.07) is 14.3. The van der Waals surface area contributed by atoms with Crippen LogP contribution in [0.4, 0.5) is 5.69 Å². The second-order valence-electron chi connectivity index (χ2n) is 4.61. The topological polar surface area (TPSA) is 40.5 Å². The van der Waals surface area contributed by atoms with Crippen LogP contribution >= 0.6 is 0 Å². The SMILES string of the molecule is Cc1ccccc1N(C)CC(=O)c1ccc(O)cc1. The van der Waals surface area contributed by atoms with Gasteiger partial charge in [0.2, 0.25) is 0 Å². The Bertz CT molecular complexity index is 576. The summed E-state index contributed by atoms with van der Waals surface area (Å²) in [5, 5.41) is 9.21. The van der Waals surface area contributed by atoms with E-state index in [0.29, 0.717) is 12.1 Å². The van der Waals surface area contributed by atoms with Crippen molar-refractivity contribution in [2.45, 2.75) is 6.92 Å². The van der Waals surface area contributed by atoms with Crippen LogP contribution in [0.15, 0.2) is 48.5 Å². The summed E-state index contributed by atoms with van der Waals surface area (Å²) in [6.45, 7) is 2.34. The van der Waals surface area contributed by atoms with Crippen LogP contribution in [-0.4, -0.2) is 24.5 Å². The van der Waals surface area contributed by atoms with Gasteiger partial charge in [0, 0.05) is 18.3 Å². The first-order valence-electron chi connectivity index (χ1n) is 6.17. The summed E-state index contributed by atoms with van der Waals surface area (Å²) in [5.41, 5.74) is 2.80. The van der Waals surface area contributed by atoms with E-state index < -0.39 is 0 Å². The summed E-state index contributed by atoms with van der Waals surface area (Å²) < 4.78 is 0. The summed E-state index contributed by atoms with van der Waals surface area (Å²) in [7, 11) is 1.90. The van der Waals surface area contributed by atoms with Gasteiger partial charge in [-0.15, -0.1) is 0 Å². The molecule has 3 heteroatoms. The number of carbonyl (C=O) groups excluding carboxylic acids is 1. The van der Waals surface area contributed by atoms with Crippen molar-refractivity contribution in [3.8, 4) is 5.75 Å². The molecule has 3 nitrogen and oxygen atoms in total. The fourth-order valence-electron chi connectivity index (χ4n) is 2.03. The lowest BCUT2D eigenvalue weighted by Crippen LogP contribution is -2.26. The summed E-state index contributed by atoms with van der Waals surface area (Å²) >= 11 is 0. The molecule has 0 fully saturated rings. The molecule has 0 aliphatic rings. The maximum absolute atomic E-state index is 12.1. The van der Waals surface area contributed by atoms with Crippen LogP contribution in [0.2, 0.25) is 0 Å². The molecule has 19 heavy (non-hydrogen) atoms. The predicted molar refractivity (Wildman–Crippen MR) is 76.9 cm³/mol.